The van der Waals surface area contributed by atoms with Crippen molar-refractivity contribution in [2.45, 2.75) is 13.1 Å². The van der Waals surface area contributed by atoms with Crippen LogP contribution in [0.5, 0.6) is 0 Å². The molecule has 0 spiro atoms. The molecule has 3 rings (SSSR count). The number of anilines is 1. The lowest BCUT2D eigenvalue weighted by atomic mass is 10.1. The standard InChI is InChI=1S/C13H13FN4O/c14-10-5-9(6-11(15)7-10)13(19)18-4-3-17-2-1-16-12(17)8-18/h1-2,5-7H,3-4,8,15H2. The van der Waals surface area contributed by atoms with Gasteiger partial charge in [0.2, 0.25) is 0 Å². The number of benzene rings is 1. The summed E-state index contributed by atoms with van der Waals surface area (Å²) in [6, 6.07) is 3.89. The fourth-order valence-corrected chi connectivity index (χ4v) is 2.27. The molecule has 6 heteroatoms. The zero-order chi connectivity index (χ0) is 13.4. The third kappa shape index (κ3) is 2.16. The van der Waals surface area contributed by atoms with Crippen LogP contribution in [0.4, 0.5) is 10.1 Å². The molecule has 1 aromatic carbocycles. The Bertz CT molecular complexity index is 617. The molecule has 0 radical (unpaired) electrons. The average molecular weight is 260 g/mol. The van der Waals surface area contributed by atoms with Gasteiger partial charge in [-0.05, 0) is 18.2 Å². The third-order valence-electron chi connectivity index (χ3n) is 3.20. The number of carbonyl (C=O) groups is 1. The van der Waals surface area contributed by atoms with E-state index in [2.05, 4.69) is 4.98 Å². The van der Waals surface area contributed by atoms with Crippen LogP contribution in [0, 0.1) is 5.82 Å². The molecule has 0 saturated carbocycles. The fraction of sp³-hybridized carbons (Fsp3) is 0.231. The predicted octanol–water partition coefficient (Wildman–Crippen LogP) is 1.26. The van der Waals surface area contributed by atoms with Crippen molar-refractivity contribution >= 4 is 11.6 Å². The Hall–Kier alpha value is -2.37. The lowest BCUT2D eigenvalue weighted by molar-refractivity contribution is 0.0707. The van der Waals surface area contributed by atoms with Crippen LogP contribution in [0.1, 0.15) is 16.2 Å². The second-order valence-electron chi connectivity index (χ2n) is 4.54. The normalized spacial score (nSPS) is 14.3. The molecule has 0 bridgehead atoms. The van der Waals surface area contributed by atoms with Crippen LogP contribution >= 0.6 is 0 Å². The average Bonchev–Trinajstić information content (AvgIpc) is 2.83. The maximum atomic E-state index is 13.3. The van der Waals surface area contributed by atoms with Gasteiger partial charge in [0.25, 0.3) is 5.91 Å². The lowest BCUT2D eigenvalue weighted by Crippen LogP contribution is -2.38. The molecule has 0 unspecified atom stereocenters. The number of nitrogen functional groups attached to an aromatic ring is 1. The topological polar surface area (TPSA) is 64.2 Å². The van der Waals surface area contributed by atoms with Crippen molar-refractivity contribution in [1.82, 2.24) is 14.5 Å². The van der Waals surface area contributed by atoms with Gasteiger partial charge < -0.3 is 15.2 Å². The first-order valence-electron chi connectivity index (χ1n) is 5.99. The van der Waals surface area contributed by atoms with Gasteiger partial charge in [-0.1, -0.05) is 0 Å². The summed E-state index contributed by atoms with van der Waals surface area (Å²) < 4.78 is 15.3. The Morgan fingerprint density at radius 3 is 2.95 bits per heavy atom. The van der Waals surface area contributed by atoms with Gasteiger partial charge >= 0.3 is 0 Å². The van der Waals surface area contributed by atoms with Crippen LogP contribution in [0.15, 0.2) is 30.6 Å². The van der Waals surface area contributed by atoms with Crippen LogP contribution in [-0.4, -0.2) is 26.9 Å². The molecule has 0 aliphatic carbocycles. The van der Waals surface area contributed by atoms with Crippen molar-refractivity contribution < 1.29 is 9.18 Å². The minimum atomic E-state index is -0.498. The van der Waals surface area contributed by atoms with Crippen LogP contribution in [0.2, 0.25) is 0 Å². The Labute approximate surface area is 109 Å². The summed E-state index contributed by atoms with van der Waals surface area (Å²) in [6.07, 6.45) is 3.60. The summed E-state index contributed by atoms with van der Waals surface area (Å²) in [5.74, 6) is 0.117. The Morgan fingerprint density at radius 1 is 1.32 bits per heavy atom. The van der Waals surface area contributed by atoms with Gasteiger partial charge in [0.15, 0.2) is 0 Å². The highest BCUT2D eigenvalue weighted by Gasteiger charge is 2.22. The molecule has 1 aliphatic rings. The Balaban J connectivity index is 1.85. The first-order chi connectivity index (χ1) is 9.13. The summed E-state index contributed by atoms with van der Waals surface area (Å²) in [5.41, 5.74) is 6.09. The van der Waals surface area contributed by atoms with E-state index in [1.54, 1.807) is 11.1 Å². The molecule has 1 aliphatic heterocycles. The van der Waals surface area contributed by atoms with Gasteiger partial charge in [-0.15, -0.1) is 0 Å². The van der Waals surface area contributed by atoms with Crippen molar-refractivity contribution in [3.63, 3.8) is 0 Å². The predicted molar refractivity (Wildman–Crippen MR) is 67.8 cm³/mol. The second kappa shape index (κ2) is 4.38. The molecule has 0 atom stereocenters. The number of rotatable bonds is 1. The SMILES string of the molecule is Nc1cc(F)cc(C(=O)N2CCn3ccnc3C2)c1. The van der Waals surface area contributed by atoms with E-state index in [1.807, 2.05) is 10.8 Å². The Kier molecular flexibility index (Phi) is 2.70. The molecular weight excluding hydrogens is 247 g/mol. The van der Waals surface area contributed by atoms with Crippen molar-refractivity contribution in [3.8, 4) is 0 Å². The molecule has 0 fully saturated rings. The van der Waals surface area contributed by atoms with E-state index in [0.29, 0.717) is 19.6 Å². The van der Waals surface area contributed by atoms with Crippen LogP contribution in [0.25, 0.3) is 0 Å². The minimum Gasteiger partial charge on any atom is -0.399 e. The number of imidazole rings is 1. The molecule has 2 N–H and O–H groups in total. The zero-order valence-corrected chi connectivity index (χ0v) is 10.2. The summed E-state index contributed by atoms with van der Waals surface area (Å²) in [5, 5.41) is 0. The molecule has 2 heterocycles. The van der Waals surface area contributed by atoms with E-state index in [1.165, 1.54) is 18.2 Å². The Morgan fingerprint density at radius 2 is 2.16 bits per heavy atom. The highest BCUT2D eigenvalue weighted by atomic mass is 19.1. The molecule has 98 valence electrons. The van der Waals surface area contributed by atoms with Crippen molar-refractivity contribution in [3.05, 3.63) is 47.8 Å². The van der Waals surface area contributed by atoms with E-state index in [9.17, 15) is 9.18 Å². The number of fused-ring (bicyclic) bond motifs is 1. The molecule has 1 aromatic heterocycles. The number of carbonyl (C=O) groups excluding carboxylic acids is 1. The quantitative estimate of drug-likeness (QED) is 0.785. The summed E-state index contributed by atoms with van der Waals surface area (Å²) >= 11 is 0. The number of halogens is 1. The number of nitrogens with zero attached hydrogens (tertiary/aromatic N) is 3. The van der Waals surface area contributed by atoms with Crippen LogP contribution in [-0.2, 0) is 13.1 Å². The molecule has 5 nitrogen and oxygen atoms in total. The lowest BCUT2D eigenvalue weighted by Gasteiger charge is -2.27. The smallest absolute Gasteiger partial charge is 0.254 e. The molecule has 19 heavy (non-hydrogen) atoms. The van der Waals surface area contributed by atoms with E-state index >= 15 is 0 Å². The van der Waals surface area contributed by atoms with Gasteiger partial charge in [-0.3, -0.25) is 4.79 Å². The molecule has 1 amide bonds. The van der Waals surface area contributed by atoms with E-state index in [0.717, 1.165) is 5.82 Å². The highest BCUT2D eigenvalue weighted by Crippen LogP contribution is 2.17. The van der Waals surface area contributed by atoms with Crippen LogP contribution < -0.4 is 5.73 Å². The highest BCUT2D eigenvalue weighted by molar-refractivity contribution is 5.95. The van der Waals surface area contributed by atoms with Crippen molar-refractivity contribution in [1.29, 1.82) is 0 Å². The zero-order valence-electron chi connectivity index (χ0n) is 10.2. The maximum absolute atomic E-state index is 13.3. The van der Waals surface area contributed by atoms with E-state index in [4.69, 9.17) is 5.73 Å². The van der Waals surface area contributed by atoms with E-state index < -0.39 is 5.82 Å². The number of hydrogen-bond acceptors (Lipinski definition) is 3. The second-order valence-corrected chi connectivity index (χ2v) is 4.54. The van der Waals surface area contributed by atoms with E-state index in [-0.39, 0.29) is 17.2 Å². The summed E-state index contributed by atoms with van der Waals surface area (Å²) in [7, 11) is 0. The molecular formula is C13H13FN4O. The van der Waals surface area contributed by atoms with Gasteiger partial charge in [-0.2, -0.15) is 0 Å². The minimum absolute atomic E-state index is 0.222. The summed E-state index contributed by atoms with van der Waals surface area (Å²) in [6.45, 7) is 1.72. The third-order valence-corrected chi connectivity index (χ3v) is 3.20. The van der Waals surface area contributed by atoms with Crippen LogP contribution in [0.3, 0.4) is 0 Å². The first kappa shape index (κ1) is 11.7. The monoisotopic (exact) mass is 260 g/mol. The van der Waals surface area contributed by atoms with Crippen molar-refractivity contribution in [2.75, 3.05) is 12.3 Å². The number of hydrogen-bond donors (Lipinski definition) is 1. The van der Waals surface area contributed by atoms with Gasteiger partial charge in [0.05, 0.1) is 6.54 Å². The molecule has 2 aromatic rings. The maximum Gasteiger partial charge on any atom is 0.254 e. The number of nitrogens with two attached hydrogens (primary N) is 1. The largest absolute Gasteiger partial charge is 0.399 e. The number of aromatic nitrogens is 2. The van der Waals surface area contributed by atoms with Gasteiger partial charge in [-0.25, -0.2) is 9.37 Å². The molecule has 0 saturated heterocycles. The fourth-order valence-electron chi connectivity index (χ4n) is 2.27. The summed E-state index contributed by atoms with van der Waals surface area (Å²) in [4.78, 5) is 18.1. The van der Waals surface area contributed by atoms with Crippen molar-refractivity contribution in [2.24, 2.45) is 0 Å². The van der Waals surface area contributed by atoms with Gasteiger partial charge in [0.1, 0.15) is 11.6 Å². The first-order valence-corrected chi connectivity index (χ1v) is 5.99. The number of amides is 1. The van der Waals surface area contributed by atoms with Gasteiger partial charge in [0, 0.05) is 36.7 Å².